The van der Waals surface area contributed by atoms with Gasteiger partial charge < -0.3 is 19.3 Å². The maximum absolute atomic E-state index is 10.7. The molecule has 0 amide bonds. The molecule has 0 heterocycles. The predicted octanol–water partition coefficient (Wildman–Crippen LogP) is 6.39. The molecule has 0 aliphatic carbocycles. The number of carboxylic acids is 1. The number of benzene rings is 3. The van der Waals surface area contributed by atoms with Crippen LogP contribution in [0.1, 0.15) is 25.3 Å². The van der Waals surface area contributed by atoms with Crippen LogP contribution in [0.2, 0.25) is 5.02 Å². The first-order valence-corrected chi connectivity index (χ1v) is 10.5. The van der Waals surface area contributed by atoms with E-state index in [4.69, 9.17) is 30.9 Å². The lowest BCUT2D eigenvalue weighted by atomic mass is 10.1. The fourth-order valence-electron chi connectivity index (χ4n) is 2.93. The average molecular weight is 441 g/mol. The first kappa shape index (κ1) is 22.5. The molecule has 31 heavy (non-hydrogen) atoms. The van der Waals surface area contributed by atoms with E-state index in [9.17, 15) is 4.79 Å². The van der Waals surface area contributed by atoms with E-state index in [-0.39, 0.29) is 12.5 Å². The molecule has 0 fully saturated rings. The highest BCUT2D eigenvalue weighted by molar-refractivity contribution is 6.30. The van der Waals surface area contributed by atoms with Gasteiger partial charge in [0.25, 0.3) is 0 Å². The minimum absolute atomic E-state index is 0.100. The average Bonchev–Trinajstić information content (AvgIpc) is 2.75. The number of ether oxygens (including phenoxy) is 3. The van der Waals surface area contributed by atoms with E-state index in [2.05, 4.69) is 0 Å². The molecular formula is C25H25ClO5. The van der Waals surface area contributed by atoms with Crippen LogP contribution in [-0.2, 0) is 11.2 Å². The van der Waals surface area contributed by atoms with Crippen molar-refractivity contribution in [3.05, 3.63) is 83.4 Å². The van der Waals surface area contributed by atoms with Crippen LogP contribution >= 0.6 is 11.6 Å². The van der Waals surface area contributed by atoms with Crippen LogP contribution in [0.25, 0.3) is 0 Å². The van der Waals surface area contributed by atoms with Crippen LogP contribution in [0.4, 0.5) is 0 Å². The predicted molar refractivity (Wildman–Crippen MR) is 121 cm³/mol. The Morgan fingerprint density at radius 1 is 0.968 bits per heavy atom. The van der Waals surface area contributed by atoms with Crippen molar-refractivity contribution in [1.82, 2.24) is 0 Å². The molecule has 6 heteroatoms. The molecule has 0 aliphatic rings. The molecule has 0 saturated heterocycles. The van der Waals surface area contributed by atoms with E-state index in [1.165, 1.54) is 0 Å². The number of para-hydroxylation sites is 1. The molecule has 3 rings (SSSR count). The Hall–Kier alpha value is -3.18. The largest absolute Gasteiger partial charge is 0.493 e. The Labute approximate surface area is 187 Å². The highest BCUT2D eigenvalue weighted by Gasteiger charge is 2.12. The normalized spacial score (nSPS) is 11.5. The fourth-order valence-corrected chi connectivity index (χ4v) is 3.10. The zero-order valence-corrected chi connectivity index (χ0v) is 18.0. The van der Waals surface area contributed by atoms with Crippen molar-refractivity contribution in [1.29, 1.82) is 0 Å². The summed E-state index contributed by atoms with van der Waals surface area (Å²) in [7, 11) is 0. The SMILES string of the molecule is C[C@@H](CCOc1cccc(CCC(=O)O)c1)Oc1ccc(Cl)cc1Oc1ccccc1. The molecule has 0 radical (unpaired) electrons. The van der Waals surface area contributed by atoms with Crippen LogP contribution < -0.4 is 14.2 Å². The Balaban J connectivity index is 1.54. The molecule has 3 aromatic carbocycles. The Kier molecular flexibility index (Phi) is 8.19. The highest BCUT2D eigenvalue weighted by atomic mass is 35.5. The van der Waals surface area contributed by atoms with Gasteiger partial charge in [0, 0.05) is 23.9 Å². The monoisotopic (exact) mass is 440 g/mol. The fraction of sp³-hybridized carbons (Fsp3) is 0.240. The summed E-state index contributed by atoms with van der Waals surface area (Å²) >= 11 is 6.14. The summed E-state index contributed by atoms with van der Waals surface area (Å²) in [5.74, 6) is 1.77. The minimum atomic E-state index is -0.810. The Morgan fingerprint density at radius 2 is 1.74 bits per heavy atom. The second-order valence-electron chi connectivity index (χ2n) is 7.11. The molecule has 0 unspecified atom stereocenters. The van der Waals surface area contributed by atoms with Crippen LogP contribution in [0, 0.1) is 0 Å². The van der Waals surface area contributed by atoms with Gasteiger partial charge in [-0.1, -0.05) is 41.9 Å². The van der Waals surface area contributed by atoms with Gasteiger partial charge in [0.15, 0.2) is 11.5 Å². The van der Waals surface area contributed by atoms with E-state index in [1.54, 1.807) is 18.2 Å². The molecule has 5 nitrogen and oxygen atoms in total. The van der Waals surface area contributed by atoms with Crippen molar-refractivity contribution in [2.24, 2.45) is 0 Å². The number of aryl methyl sites for hydroxylation is 1. The van der Waals surface area contributed by atoms with Crippen molar-refractivity contribution in [3.8, 4) is 23.0 Å². The Morgan fingerprint density at radius 3 is 2.52 bits per heavy atom. The van der Waals surface area contributed by atoms with Crippen molar-refractivity contribution >= 4 is 17.6 Å². The number of hydrogen-bond acceptors (Lipinski definition) is 4. The quantitative estimate of drug-likeness (QED) is 0.374. The van der Waals surface area contributed by atoms with Crippen LogP contribution in [0.5, 0.6) is 23.0 Å². The second kappa shape index (κ2) is 11.3. The number of halogens is 1. The molecular weight excluding hydrogens is 416 g/mol. The second-order valence-corrected chi connectivity index (χ2v) is 7.55. The van der Waals surface area contributed by atoms with Gasteiger partial charge in [0.2, 0.25) is 0 Å². The standard InChI is InChI=1S/C25H25ClO5/c1-18(14-15-29-22-9-5-6-19(16-22)10-13-25(27)28)30-23-12-11-20(26)17-24(23)31-21-7-3-2-4-8-21/h2-9,11-12,16-18H,10,13-15H2,1H3,(H,27,28)/t18-/m0/s1. The van der Waals surface area contributed by atoms with Crippen LogP contribution in [0.15, 0.2) is 72.8 Å². The lowest BCUT2D eigenvalue weighted by molar-refractivity contribution is -0.136. The summed E-state index contributed by atoms with van der Waals surface area (Å²) in [6.07, 6.45) is 1.12. The molecule has 1 N–H and O–H groups in total. The van der Waals surface area contributed by atoms with E-state index in [0.29, 0.717) is 41.7 Å². The number of hydrogen-bond donors (Lipinski definition) is 1. The molecule has 1 atom stereocenters. The molecule has 3 aromatic rings. The number of rotatable bonds is 11. The van der Waals surface area contributed by atoms with Crippen LogP contribution in [0.3, 0.4) is 0 Å². The third-order valence-electron chi connectivity index (χ3n) is 4.52. The summed E-state index contributed by atoms with van der Waals surface area (Å²) < 4.78 is 17.8. The van der Waals surface area contributed by atoms with Gasteiger partial charge in [-0.15, -0.1) is 0 Å². The van der Waals surface area contributed by atoms with Gasteiger partial charge in [-0.3, -0.25) is 4.79 Å². The summed E-state index contributed by atoms with van der Waals surface area (Å²) in [6.45, 7) is 2.43. The van der Waals surface area contributed by atoms with E-state index < -0.39 is 5.97 Å². The van der Waals surface area contributed by atoms with E-state index in [1.807, 2.05) is 61.5 Å². The minimum Gasteiger partial charge on any atom is -0.493 e. The smallest absolute Gasteiger partial charge is 0.303 e. The molecule has 0 saturated carbocycles. The topological polar surface area (TPSA) is 65.0 Å². The zero-order valence-electron chi connectivity index (χ0n) is 17.3. The molecule has 0 aliphatic heterocycles. The van der Waals surface area contributed by atoms with Gasteiger partial charge in [-0.25, -0.2) is 0 Å². The molecule has 0 bridgehead atoms. The van der Waals surface area contributed by atoms with Gasteiger partial charge in [-0.05, 0) is 55.3 Å². The summed E-state index contributed by atoms with van der Waals surface area (Å²) in [6, 6.07) is 22.3. The highest BCUT2D eigenvalue weighted by Crippen LogP contribution is 2.35. The maximum atomic E-state index is 10.7. The van der Waals surface area contributed by atoms with Gasteiger partial charge in [-0.2, -0.15) is 0 Å². The van der Waals surface area contributed by atoms with E-state index >= 15 is 0 Å². The number of carboxylic acid groups (broad SMARTS) is 1. The number of aliphatic carboxylic acids is 1. The zero-order chi connectivity index (χ0) is 22.1. The lowest BCUT2D eigenvalue weighted by Crippen LogP contribution is -2.16. The maximum Gasteiger partial charge on any atom is 0.303 e. The van der Waals surface area contributed by atoms with Gasteiger partial charge in [0.1, 0.15) is 11.5 Å². The number of carbonyl (C=O) groups is 1. The van der Waals surface area contributed by atoms with Gasteiger partial charge in [0.05, 0.1) is 12.7 Å². The Bertz CT molecular complexity index is 990. The third kappa shape index (κ3) is 7.54. The summed E-state index contributed by atoms with van der Waals surface area (Å²) in [5.41, 5.74) is 0.938. The lowest BCUT2D eigenvalue weighted by Gasteiger charge is -2.18. The molecule has 0 aromatic heterocycles. The van der Waals surface area contributed by atoms with Crippen molar-refractivity contribution < 1.29 is 24.1 Å². The summed E-state index contributed by atoms with van der Waals surface area (Å²) in [4.78, 5) is 10.7. The van der Waals surface area contributed by atoms with Gasteiger partial charge >= 0.3 is 5.97 Å². The summed E-state index contributed by atoms with van der Waals surface area (Å²) in [5, 5.41) is 9.39. The molecule has 162 valence electrons. The van der Waals surface area contributed by atoms with Crippen molar-refractivity contribution in [2.45, 2.75) is 32.3 Å². The van der Waals surface area contributed by atoms with E-state index in [0.717, 1.165) is 11.3 Å². The van der Waals surface area contributed by atoms with Crippen molar-refractivity contribution in [3.63, 3.8) is 0 Å². The van der Waals surface area contributed by atoms with Crippen molar-refractivity contribution in [2.75, 3.05) is 6.61 Å². The third-order valence-corrected chi connectivity index (χ3v) is 4.76. The molecule has 0 spiro atoms. The first-order chi connectivity index (χ1) is 15.0. The van der Waals surface area contributed by atoms with Crippen LogP contribution in [-0.4, -0.2) is 23.8 Å². The first-order valence-electron chi connectivity index (χ1n) is 10.1.